The van der Waals surface area contributed by atoms with Crippen LogP contribution in [0.3, 0.4) is 0 Å². The summed E-state index contributed by atoms with van der Waals surface area (Å²) in [5.41, 5.74) is 8.76. The van der Waals surface area contributed by atoms with Crippen molar-refractivity contribution in [3.05, 3.63) is 53.6 Å². The quantitative estimate of drug-likeness (QED) is 0.772. The van der Waals surface area contributed by atoms with Gasteiger partial charge in [0, 0.05) is 0 Å². The summed E-state index contributed by atoms with van der Waals surface area (Å²) in [7, 11) is 0. The maximum Gasteiger partial charge on any atom is 0.150 e. The van der Waals surface area contributed by atoms with Crippen molar-refractivity contribution in [1.29, 1.82) is 0 Å². The number of hydrogen-bond acceptors (Lipinski definition) is 2. The van der Waals surface area contributed by atoms with Gasteiger partial charge in [-0.3, -0.25) is 0 Å². The summed E-state index contributed by atoms with van der Waals surface area (Å²) in [6, 6.07) is 13.7. The van der Waals surface area contributed by atoms with E-state index >= 15 is 0 Å². The van der Waals surface area contributed by atoms with E-state index in [1.807, 2.05) is 56.3 Å². The van der Waals surface area contributed by atoms with E-state index in [9.17, 15) is 0 Å². The second-order valence-electron chi connectivity index (χ2n) is 3.91. The minimum Gasteiger partial charge on any atom is -0.455 e. The predicted molar refractivity (Wildman–Crippen MR) is 66.8 cm³/mol. The van der Waals surface area contributed by atoms with Crippen molar-refractivity contribution < 1.29 is 4.74 Å². The summed E-state index contributed by atoms with van der Waals surface area (Å²) in [4.78, 5) is 0. The molecular weight excluding hydrogens is 198 g/mol. The molecule has 2 aromatic carbocycles. The van der Waals surface area contributed by atoms with E-state index in [1.54, 1.807) is 0 Å². The van der Waals surface area contributed by atoms with E-state index in [-0.39, 0.29) is 0 Å². The third-order valence-corrected chi connectivity index (χ3v) is 2.48. The molecule has 0 bridgehead atoms. The first-order chi connectivity index (χ1) is 7.66. The Morgan fingerprint density at radius 3 is 2.44 bits per heavy atom. The zero-order valence-electron chi connectivity index (χ0n) is 9.53. The van der Waals surface area contributed by atoms with Gasteiger partial charge >= 0.3 is 0 Å². The summed E-state index contributed by atoms with van der Waals surface area (Å²) in [5.74, 6) is 1.56. The Kier molecular flexibility index (Phi) is 2.82. The number of aryl methyl sites for hydroxylation is 2. The van der Waals surface area contributed by atoms with Crippen LogP contribution in [-0.2, 0) is 0 Å². The Morgan fingerprint density at radius 2 is 1.69 bits per heavy atom. The van der Waals surface area contributed by atoms with Gasteiger partial charge in [-0.1, -0.05) is 24.3 Å². The Morgan fingerprint density at radius 1 is 0.938 bits per heavy atom. The second kappa shape index (κ2) is 4.27. The molecule has 2 heteroatoms. The molecule has 0 aliphatic heterocycles. The zero-order chi connectivity index (χ0) is 11.5. The number of benzene rings is 2. The SMILES string of the molecule is Cc1ccc(N)c(Oc2ccccc2C)c1. The fourth-order valence-corrected chi connectivity index (χ4v) is 1.52. The van der Waals surface area contributed by atoms with Crippen LogP contribution in [0, 0.1) is 13.8 Å². The molecule has 0 atom stereocenters. The largest absolute Gasteiger partial charge is 0.455 e. The van der Waals surface area contributed by atoms with Gasteiger partial charge in [0.1, 0.15) is 5.75 Å². The van der Waals surface area contributed by atoms with E-state index in [4.69, 9.17) is 10.5 Å². The molecule has 0 fully saturated rings. The smallest absolute Gasteiger partial charge is 0.150 e. The predicted octanol–water partition coefficient (Wildman–Crippen LogP) is 3.68. The number of anilines is 1. The van der Waals surface area contributed by atoms with Crippen molar-refractivity contribution in [2.45, 2.75) is 13.8 Å². The molecule has 0 saturated heterocycles. The van der Waals surface area contributed by atoms with Crippen molar-refractivity contribution in [3.8, 4) is 11.5 Å². The van der Waals surface area contributed by atoms with Crippen molar-refractivity contribution in [2.75, 3.05) is 5.73 Å². The average molecular weight is 213 g/mol. The molecular formula is C14H15NO. The van der Waals surface area contributed by atoms with Gasteiger partial charge in [0.15, 0.2) is 5.75 Å². The molecule has 2 rings (SSSR count). The molecule has 82 valence electrons. The van der Waals surface area contributed by atoms with E-state index in [0.717, 1.165) is 16.9 Å². The topological polar surface area (TPSA) is 35.2 Å². The lowest BCUT2D eigenvalue weighted by molar-refractivity contribution is 0.481. The molecule has 0 spiro atoms. The minimum atomic E-state index is 0.661. The lowest BCUT2D eigenvalue weighted by Gasteiger charge is -2.11. The minimum absolute atomic E-state index is 0.661. The third kappa shape index (κ3) is 2.16. The van der Waals surface area contributed by atoms with Gasteiger partial charge in [-0.15, -0.1) is 0 Å². The highest BCUT2D eigenvalue weighted by Crippen LogP contribution is 2.29. The molecule has 0 aliphatic rings. The molecule has 0 amide bonds. The Labute approximate surface area is 95.7 Å². The number of para-hydroxylation sites is 1. The average Bonchev–Trinajstić information content (AvgIpc) is 2.27. The van der Waals surface area contributed by atoms with E-state index in [0.29, 0.717) is 11.4 Å². The normalized spacial score (nSPS) is 10.1. The highest BCUT2D eigenvalue weighted by atomic mass is 16.5. The van der Waals surface area contributed by atoms with Crippen molar-refractivity contribution >= 4 is 5.69 Å². The van der Waals surface area contributed by atoms with Gasteiger partial charge in [-0.2, -0.15) is 0 Å². The number of rotatable bonds is 2. The molecule has 0 saturated carbocycles. The van der Waals surface area contributed by atoms with Crippen LogP contribution in [0.5, 0.6) is 11.5 Å². The summed E-state index contributed by atoms with van der Waals surface area (Å²) >= 11 is 0. The van der Waals surface area contributed by atoms with Crippen LogP contribution in [0.2, 0.25) is 0 Å². The molecule has 0 unspecified atom stereocenters. The standard InChI is InChI=1S/C14H15NO/c1-10-7-8-12(15)14(9-10)16-13-6-4-3-5-11(13)2/h3-9H,15H2,1-2H3. The van der Waals surface area contributed by atoms with Crippen molar-refractivity contribution in [2.24, 2.45) is 0 Å². The van der Waals surface area contributed by atoms with E-state index in [2.05, 4.69) is 0 Å². The van der Waals surface area contributed by atoms with Crippen LogP contribution in [0.25, 0.3) is 0 Å². The number of ether oxygens (including phenoxy) is 1. The number of hydrogen-bond donors (Lipinski definition) is 1. The number of nitrogen functional groups attached to an aromatic ring is 1. The fraction of sp³-hybridized carbons (Fsp3) is 0.143. The molecule has 2 nitrogen and oxygen atoms in total. The van der Waals surface area contributed by atoms with Crippen LogP contribution in [0.1, 0.15) is 11.1 Å². The first-order valence-electron chi connectivity index (χ1n) is 5.26. The van der Waals surface area contributed by atoms with E-state index < -0.39 is 0 Å². The summed E-state index contributed by atoms with van der Waals surface area (Å²) < 4.78 is 5.80. The van der Waals surface area contributed by atoms with Crippen molar-refractivity contribution in [3.63, 3.8) is 0 Å². The lowest BCUT2D eigenvalue weighted by Crippen LogP contribution is -1.93. The highest BCUT2D eigenvalue weighted by molar-refractivity contribution is 5.55. The van der Waals surface area contributed by atoms with Crippen molar-refractivity contribution in [1.82, 2.24) is 0 Å². The summed E-state index contributed by atoms with van der Waals surface area (Å²) in [5, 5.41) is 0. The van der Waals surface area contributed by atoms with E-state index in [1.165, 1.54) is 0 Å². The third-order valence-electron chi connectivity index (χ3n) is 2.48. The van der Waals surface area contributed by atoms with Gasteiger partial charge in [0.05, 0.1) is 5.69 Å². The van der Waals surface area contributed by atoms with Crippen LogP contribution >= 0.6 is 0 Å². The molecule has 0 heterocycles. The van der Waals surface area contributed by atoms with Crippen LogP contribution in [0.15, 0.2) is 42.5 Å². The highest BCUT2D eigenvalue weighted by Gasteiger charge is 2.04. The van der Waals surface area contributed by atoms with Gasteiger partial charge in [0.2, 0.25) is 0 Å². The zero-order valence-corrected chi connectivity index (χ0v) is 9.53. The van der Waals surface area contributed by atoms with Gasteiger partial charge < -0.3 is 10.5 Å². The molecule has 0 aromatic heterocycles. The van der Waals surface area contributed by atoms with Gasteiger partial charge in [-0.25, -0.2) is 0 Å². The maximum absolute atomic E-state index is 5.86. The van der Waals surface area contributed by atoms with Crippen LogP contribution < -0.4 is 10.5 Å². The number of nitrogens with two attached hydrogens (primary N) is 1. The maximum atomic E-state index is 5.86. The summed E-state index contributed by atoms with van der Waals surface area (Å²) in [6.07, 6.45) is 0. The van der Waals surface area contributed by atoms with Gasteiger partial charge in [0.25, 0.3) is 0 Å². The first-order valence-corrected chi connectivity index (χ1v) is 5.26. The second-order valence-corrected chi connectivity index (χ2v) is 3.91. The molecule has 0 aliphatic carbocycles. The van der Waals surface area contributed by atoms with Crippen LogP contribution in [-0.4, -0.2) is 0 Å². The Hall–Kier alpha value is -1.96. The fourth-order valence-electron chi connectivity index (χ4n) is 1.52. The van der Waals surface area contributed by atoms with Gasteiger partial charge in [-0.05, 0) is 43.2 Å². The molecule has 0 radical (unpaired) electrons. The Bertz CT molecular complexity index is 506. The molecule has 2 N–H and O–H groups in total. The van der Waals surface area contributed by atoms with Crippen LogP contribution in [0.4, 0.5) is 5.69 Å². The molecule has 2 aromatic rings. The Balaban J connectivity index is 2.34. The molecule has 16 heavy (non-hydrogen) atoms. The monoisotopic (exact) mass is 213 g/mol. The summed E-state index contributed by atoms with van der Waals surface area (Å²) in [6.45, 7) is 4.03. The lowest BCUT2D eigenvalue weighted by atomic mass is 10.2. The first kappa shape index (κ1) is 10.6.